The van der Waals surface area contributed by atoms with E-state index in [4.69, 9.17) is 48.4 Å². The minimum Gasteiger partial charge on any atom is -0.482 e. The van der Waals surface area contributed by atoms with Gasteiger partial charge in [0.05, 0.1) is 21.9 Å². The molecule has 2 heterocycles. The second kappa shape index (κ2) is 12.1. The van der Waals surface area contributed by atoms with Crippen LogP contribution in [0.15, 0.2) is 67.7 Å². The monoisotopic (exact) mass is 581 g/mol. The summed E-state index contributed by atoms with van der Waals surface area (Å²) in [5.41, 5.74) is 2.58. The number of hydrogen-bond donors (Lipinski definition) is 1. The van der Waals surface area contributed by atoms with Crippen molar-refractivity contribution in [1.82, 2.24) is 15.6 Å². The highest BCUT2D eigenvalue weighted by molar-refractivity contribution is 7.99. The molecule has 1 amide bonds. The fraction of sp³-hybridized carbons (Fsp3) is 0.0909. The Labute approximate surface area is 227 Å². The molecule has 0 atom stereocenters. The Bertz CT molecular complexity index is 1470. The first-order valence-corrected chi connectivity index (χ1v) is 12.3. The van der Waals surface area contributed by atoms with Crippen molar-refractivity contribution in [3.8, 4) is 17.1 Å². The number of benzene rings is 2. The van der Waals surface area contributed by atoms with Gasteiger partial charge in [-0.25, -0.2) is 5.43 Å². The van der Waals surface area contributed by atoms with Gasteiger partial charge in [-0.1, -0.05) is 46.6 Å². The number of hydrazone groups is 1. The summed E-state index contributed by atoms with van der Waals surface area (Å²) in [7, 11) is 0. The van der Waals surface area contributed by atoms with E-state index in [1.54, 1.807) is 36.4 Å². The van der Waals surface area contributed by atoms with E-state index in [1.807, 2.05) is 0 Å². The third-order valence-electron chi connectivity index (χ3n) is 4.46. The molecule has 0 aliphatic heterocycles. The van der Waals surface area contributed by atoms with Gasteiger partial charge in [0.1, 0.15) is 22.3 Å². The minimum absolute atomic E-state index is 0.0140. The summed E-state index contributed by atoms with van der Waals surface area (Å²) in [6.45, 7) is -0.0140. The van der Waals surface area contributed by atoms with Crippen molar-refractivity contribution in [3.63, 3.8) is 0 Å². The van der Waals surface area contributed by atoms with Gasteiger partial charge in [0.15, 0.2) is 6.61 Å². The first-order valence-electron chi connectivity index (χ1n) is 10.2. The quantitative estimate of drug-likeness (QED) is 0.103. The van der Waals surface area contributed by atoms with Gasteiger partial charge in [-0.05, 0) is 42.5 Å². The number of carbonyl (C=O) groups is 1. The molecule has 0 spiro atoms. The molecule has 2 aromatic heterocycles. The molecule has 0 saturated heterocycles. The minimum atomic E-state index is -0.578. The Morgan fingerprint density at radius 2 is 1.95 bits per heavy atom. The van der Waals surface area contributed by atoms with Crippen LogP contribution in [0.3, 0.4) is 0 Å². The van der Waals surface area contributed by atoms with Crippen molar-refractivity contribution < 1.29 is 23.3 Å². The number of halogens is 3. The van der Waals surface area contributed by atoms with Crippen LogP contribution in [0.25, 0.3) is 11.3 Å². The van der Waals surface area contributed by atoms with E-state index >= 15 is 0 Å². The number of furan rings is 1. The van der Waals surface area contributed by atoms with Gasteiger partial charge in [0.25, 0.3) is 22.7 Å². The van der Waals surface area contributed by atoms with Crippen molar-refractivity contribution in [3.05, 3.63) is 85.4 Å². The molecule has 15 heteroatoms. The van der Waals surface area contributed by atoms with Gasteiger partial charge >= 0.3 is 0 Å². The lowest BCUT2D eigenvalue weighted by molar-refractivity contribution is -0.384. The summed E-state index contributed by atoms with van der Waals surface area (Å²) in [5, 5.41) is 23.6. The Morgan fingerprint density at radius 3 is 2.73 bits per heavy atom. The molecule has 0 bridgehead atoms. The van der Waals surface area contributed by atoms with Crippen LogP contribution in [0.1, 0.15) is 11.7 Å². The number of carbonyl (C=O) groups excluding carboxylic acids is 1. The van der Waals surface area contributed by atoms with Crippen LogP contribution in [0, 0.1) is 10.1 Å². The Hall–Kier alpha value is -3.58. The van der Waals surface area contributed by atoms with Gasteiger partial charge in [0, 0.05) is 16.7 Å². The summed E-state index contributed by atoms with van der Waals surface area (Å²) >= 11 is 18.7. The molecule has 11 nitrogen and oxygen atoms in total. The van der Waals surface area contributed by atoms with Crippen LogP contribution in [0.2, 0.25) is 15.1 Å². The number of rotatable bonds is 10. The van der Waals surface area contributed by atoms with Crippen molar-refractivity contribution in [2.45, 2.75) is 11.8 Å². The zero-order chi connectivity index (χ0) is 26.4. The number of thioether (sulfide) groups is 1. The molecular weight excluding hydrogens is 569 g/mol. The molecule has 2 aromatic carbocycles. The average Bonchev–Trinajstić information content (AvgIpc) is 3.52. The number of aromatic nitrogens is 2. The van der Waals surface area contributed by atoms with Crippen molar-refractivity contribution >= 4 is 64.4 Å². The number of amides is 1. The second-order valence-electron chi connectivity index (χ2n) is 7.03. The second-order valence-corrected chi connectivity index (χ2v) is 9.21. The first-order chi connectivity index (χ1) is 17.8. The summed E-state index contributed by atoms with van der Waals surface area (Å²) in [6.07, 6.45) is 1.29. The van der Waals surface area contributed by atoms with Crippen LogP contribution >= 0.6 is 46.6 Å². The number of nitro benzene ring substituents is 1. The molecule has 0 radical (unpaired) electrons. The number of ether oxygens (including phenoxy) is 1. The van der Waals surface area contributed by atoms with Crippen molar-refractivity contribution in [1.29, 1.82) is 0 Å². The molecule has 0 unspecified atom stereocenters. The molecule has 4 aromatic rings. The van der Waals surface area contributed by atoms with Gasteiger partial charge in [0.2, 0.25) is 0 Å². The standard InChI is InChI=1S/C22H14Cl3N5O6S/c23-13-2-5-19(16(25)8-13)34-10-21-28-29-22(36-21)37-11-20(31)27-26-9-14-3-6-18(35-14)12-1-4-15(24)17(7-12)30(32)33/h1-9H,10-11H2,(H,27,31)/b26-9-. The highest BCUT2D eigenvalue weighted by Gasteiger charge is 2.15. The van der Waals surface area contributed by atoms with Gasteiger partial charge in [-0.2, -0.15) is 5.10 Å². The lowest BCUT2D eigenvalue weighted by atomic mass is 10.1. The van der Waals surface area contributed by atoms with E-state index in [0.717, 1.165) is 11.8 Å². The predicted molar refractivity (Wildman–Crippen MR) is 137 cm³/mol. The largest absolute Gasteiger partial charge is 0.482 e. The zero-order valence-corrected chi connectivity index (χ0v) is 21.5. The Kier molecular flexibility index (Phi) is 8.66. The maximum atomic E-state index is 12.1. The molecule has 37 heavy (non-hydrogen) atoms. The van der Waals surface area contributed by atoms with E-state index in [1.165, 1.54) is 18.3 Å². The molecule has 0 fully saturated rings. The summed E-state index contributed by atoms with van der Waals surface area (Å²) in [6, 6.07) is 12.3. The third-order valence-corrected chi connectivity index (χ3v) is 6.12. The molecule has 1 N–H and O–H groups in total. The van der Waals surface area contributed by atoms with E-state index in [2.05, 4.69) is 20.7 Å². The third kappa shape index (κ3) is 7.23. The van der Waals surface area contributed by atoms with Crippen LogP contribution < -0.4 is 10.2 Å². The fourth-order valence-corrected chi connectivity index (χ4v) is 4.02. The molecule has 0 saturated carbocycles. The van der Waals surface area contributed by atoms with Crippen LogP contribution in [-0.4, -0.2) is 33.0 Å². The van der Waals surface area contributed by atoms with Crippen molar-refractivity contribution in [2.75, 3.05) is 5.75 Å². The average molecular weight is 583 g/mol. The summed E-state index contributed by atoms with van der Waals surface area (Å²) in [5.74, 6) is 0.840. The molecule has 0 aliphatic rings. The van der Waals surface area contributed by atoms with Crippen LogP contribution in [-0.2, 0) is 11.4 Å². The lowest BCUT2D eigenvalue weighted by Crippen LogP contribution is -2.19. The van der Waals surface area contributed by atoms with Gasteiger partial charge in [-0.3, -0.25) is 14.9 Å². The van der Waals surface area contributed by atoms with Gasteiger partial charge < -0.3 is 13.6 Å². The Balaban J connectivity index is 1.24. The van der Waals surface area contributed by atoms with E-state index in [0.29, 0.717) is 32.9 Å². The van der Waals surface area contributed by atoms with E-state index < -0.39 is 10.8 Å². The number of nitrogens with one attached hydrogen (secondary N) is 1. The smallest absolute Gasteiger partial charge is 0.288 e. The molecule has 0 aliphatic carbocycles. The van der Waals surface area contributed by atoms with Crippen LogP contribution in [0.5, 0.6) is 5.75 Å². The molecule has 190 valence electrons. The summed E-state index contributed by atoms with van der Waals surface area (Å²) < 4.78 is 16.6. The first kappa shape index (κ1) is 26.5. The topological polar surface area (TPSA) is 146 Å². The number of nitrogens with zero attached hydrogens (tertiary/aromatic N) is 4. The fourth-order valence-electron chi connectivity index (χ4n) is 2.80. The zero-order valence-electron chi connectivity index (χ0n) is 18.4. The van der Waals surface area contributed by atoms with E-state index in [-0.39, 0.29) is 34.2 Å². The molecule has 4 rings (SSSR count). The highest BCUT2D eigenvalue weighted by atomic mass is 35.5. The lowest BCUT2D eigenvalue weighted by Gasteiger charge is -2.05. The highest BCUT2D eigenvalue weighted by Crippen LogP contribution is 2.31. The SMILES string of the molecule is O=C(CSc1nnc(COc2ccc(Cl)cc2Cl)o1)N/N=C\c1ccc(-c2ccc(Cl)c([N+](=O)[O-])c2)o1. The Morgan fingerprint density at radius 1 is 1.11 bits per heavy atom. The van der Waals surface area contributed by atoms with Gasteiger partial charge in [-0.15, -0.1) is 10.2 Å². The number of hydrogen-bond acceptors (Lipinski definition) is 10. The molecular formula is C22H14Cl3N5O6S. The van der Waals surface area contributed by atoms with Crippen LogP contribution in [0.4, 0.5) is 5.69 Å². The maximum absolute atomic E-state index is 12.1. The van der Waals surface area contributed by atoms with E-state index in [9.17, 15) is 14.9 Å². The summed E-state index contributed by atoms with van der Waals surface area (Å²) in [4.78, 5) is 22.5. The normalized spacial score (nSPS) is 11.1. The predicted octanol–water partition coefficient (Wildman–Crippen LogP) is 6.02. The maximum Gasteiger partial charge on any atom is 0.288 e. The number of nitro groups is 1. The van der Waals surface area contributed by atoms with Crippen molar-refractivity contribution in [2.24, 2.45) is 5.10 Å².